The van der Waals surface area contributed by atoms with Crippen LogP contribution in [-0.2, 0) is 0 Å². The second-order valence-corrected chi connectivity index (χ2v) is 5.82. The van der Waals surface area contributed by atoms with Crippen molar-refractivity contribution < 1.29 is 8.78 Å². The summed E-state index contributed by atoms with van der Waals surface area (Å²) in [5.74, 6) is -1.50. The van der Waals surface area contributed by atoms with E-state index in [0.29, 0.717) is 11.5 Å². The quantitative estimate of drug-likeness (QED) is 0.476. The highest BCUT2D eigenvalue weighted by Gasteiger charge is 2.17. The standard InChI is InChI=1S/C16H14Cl2F2/c1-9(2)10-3-5-11(6-4-10)16(18)12-7-14(19)15(20)8-13(12)17/h3-9,16H,1-2H3. The Morgan fingerprint density at radius 3 is 1.95 bits per heavy atom. The van der Waals surface area contributed by atoms with Crippen molar-refractivity contribution in [3.8, 4) is 0 Å². The first-order chi connectivity index (χ1) is 9.40. The zero-order chi connectivity index (χ0) is 14.9. The predicted molar refractivity (Wildman–Crippen MR) is 79.6 cm³/mol. The van der Waals surface area contributed by atoms with Crippen LogP contribution in [0.25, 0.3) is 0 Å². The lowest BCUT2D eigenvalue weighted by Gasteiger charge is -2.14. The largest absolute Gasteiger partial charge is 0.204 e. The van der Waals surface area contributed by atoms with Crippen LogP contribution in [0, 0.1) is 11.6 Å². The van der Waals surface area contributed by atoms with Crippen molar-refractivity contribution in [1.29, 1.82) is 0 Å². The van der Waals surface area contributed by atoms with E-state index in [4.69, 9.17) is 23.2 Å². The Morgan fingerprint density at radius 1 is 0.900 bits per heavy atom. The van der Waals surface area contributed by atoms with Gasteiger partial charge in [0.25, 0.3) is 0 Å². The van der Waals surface area contributed by atoms with E-state index in [1.807, 2.05) is 24.3 Å². The van der Waals surface area contributed by atoms with E-state index in [2.05, 4.69) is 13.8 Å². The fourth-order valence-corrected chi connectivity index (χ4v) is 2.60. The molecular formula is C16H14Cl2F2. The monoisotopic (exact) mass is 314 g/mol. The number of halogens is 4. The maximum absolute atomic E-state index is 13.3. The van der Waals surface area contributed by atoms with Gasteiger partial charge in [-0.15, -0.1) is 11.6 Å². The zero-order valence-electron chi connectivity index (χ0n) is 11.1. The molecule has 0 nitrogen and oxygen atoms in total. The molecule has 20 heavy (non-hydrogen) atoms. The minimum absolute atomic E-state index is 0.122. The Bertz CT molecular complexity index is 607. The fraction of sp³-hybridized carbons (Fsp3) is 0.250. The summed E-state index contributed by atoms with van der Waals surface area (Å²) in [4.78, 5) is 0. The van der Waals surface area contributed by atoms with Crippen LogP contribution in [0.3, 0.4) is 0 Å². The van der Waals surface area contributed by atoms with Crippen molar-refractivity contribution in [3.63, 3.8) is 0 Å². The molecule has 1 atom stereocenters. The summed E-state index contributed by atoms with van der Waals surface area (Å²) in [6, 6.07) is 9.71. The van der Waals surface area contributed by atoms with Crippen molar-refractivity contribution in [2.45, 2.75) is 25.1 Å². The highest BCUT2D eigenvalue weighted by atomic mass is 35.5. The second-order valence-electron chi connectivity index (χ2n) is 4.97. The first-order valence-corrected chi connectivity index (χ1v) is 7.10. The third-order valence-corrected chi connectivity index (χ3v) is 4.02. The number of alkyl halides is 1. The molecule has 0 aliphatic carbocycles. The van der Waals surface area contributed by atoms with Crippen molar-refractivity contribution in [1.82, 2.24) is 0 Å². The van der Waals surface area contributed by atoms with Gasteiger partial charge in [-0.25, -0.2) is 8.78 Å². The molecule has 106 valence electrons. The zero-order valence-corrected chi connectivity index (χ0v) is 12.6. The van der Waals surface area contributed by atoms with Gasteiger partial charge in [0, 0.05) is 5.02 Å². The van der Waals surface area contributed by atoms with E-state index in [0.717, 1.165) is 17.7 Å². The summed E-state index contributed by atoms with van der Waals surface area (Å²) >= 11 is 12.3. The van der Waals surface area contributed by atoms with Gasteiger partial charge in [-0.05, 0) is 34.7 Å². The molecule has 0 saturated carbocycles. The summed E-state index contributed by atoms with van der Waals surface area (Å²) in [7, 11) is 0. The molecule has 0 N–H and O–H groups in total. The molecule has 0 spiro atoms. The molecule has 0 aromatic heterocycles. The number of benzene rings is 2. The minimum atomic E-state index is -0.974. The van der Waals surface area contributed by atoms with Gasteiger partial charge in [0.15, 0.2) is 11.6 Å². The first-order valence-electron chi connectivity index (χ1n) is 6.28. The lowest BCUT2D eigenvalue weighted by atomic mass is 9.98. The van der Waals surface area contributed by atoms with Gasteiger partial charge in [-0.1, -0.05) is 49.7 Å². The van der Waals surface area contributed by atoms with Crippen molar-refractivity contribution >= 4 is 23.2 Å². The number of rotatable bonds is 3. The molecule has 0 bridgehead atoms. The Hall–Kier alpha value is -1.12. The van der Waals surface area contributed by atoms with Crippen LogP contribution in [-0.4, -0.2) is 0 Å². The summed E-state index contributed by atoms with van der Waals surface area (Å²) < 4.78 is 26.4. The van der Waals surface area contributed by atoms with E-state index in [1.165, 1.54) is 5.56 Å². The van der Waals surface area contributed by atoms with Crippen LogP contribution in [0.2, 0.25) is 5.02 Å². The molecule has 0 amide bonds. The van der Waals surface area contributed by atoms with Gasteiger partial charge < -0.3 is 0 Å². The van der Waals surface area contributed by atoms with E-state index in [-0.39, 0.29) is 5.02 Å². The Morgan fingerprint density at radius 2 is 1.40 bits per heavy atom. The van der Waals surface area contributed by atoms with Gasteiger partial charge in [0.05, 0.1) is 5.38 Å². The van der Waals surface area contributed by atoms with E-state index < -0.39 is 17.0 Å². The number of hydrogen-bond acceptors (Lipinski definition) is 0. The summed E-state index contributed by atoms with van der Waals surface area (Å²) in [5.41, 5.74) is 2.35. The molecule has 0 aliphatic heterocycles. The van der Waals surface area contributed by atoms with Gasteiger partial charge >= 0.3 is 0 Å². The van der Waals surface area contributed by atoms with Crippen LogP contribution in [0.4, 0.5) is 8.78 Å². The molecule has 2 aromatic carbocycles. The molecule has 2 aromatic rings. The average Bonchev–Trinajstić information content (AvgIpc) is 2.42. The SMILES string of the molecule is CC(C)c1ccc(C(Cl)c2cc(F)c(F)cc2Cl)cc1. The highest BCUT2D eigenvalue weighted by Crippen LogP contribution is 2.35. The molecule has 0 aliphatic rings. The van der Waals surface area contributed by atoms with Gasteiger partial charge in [0.1, 0.15) is 0 Å². The summed E-state index contributed by atoms with van der Waals surface area (Å²) in [6.07, 6.45) is 0. The predicted octanol–water partition coefficient (Wildman–Crippen LogP) is 6.07. The Labute approximate surface area is 127 Å². The van der Waals surface area contributed by atoms with Crippen LogP contribution >= 0.6 is 23.2 Å². The van der Waals surface area contributed by atoms with Crippen LogP contribution in [0.15, 0.2) is 36.4 Å². The highest BCUT2D eigenvalue weighted by molar-refractivity contribution is 6.33. The lowest BCUT2D eigenvalue weighted by Crippen LogP contribution is -1.98. The third-order valence-electron chi connectivity index (χ3n) is 3.21. The van der Waals surface area contributed by atoms with Gasteiger partial charge in [-0.2, -0.15) is 0 Å². The average molecular weight is 315 g/mol. The molecule has 0 fully saturated rings. The van der Waals surface area contributed by atoms with Crippen LogP contribution < -0.4 is 0 Å². The van der Waals surface area contributed by atoms with Crippen LogP contribution in [0.5, 0.6) is 0 Å². The third kappa shape index (κ3) is 3.13. The van der Waals surface area contributed by atoms with Crippen LogP contribution in [0.1, 0.15) is 41.8 Å². The molecule has 0 heterocycles. The fourth-order valence-electron chi connectivity index (χ4n) is 1.96. The molecule has 0 saturated heterocycles. The Balaban J connectivity index is 2.36. The molecule has 0 radical (unpaired) electrons. The first kappa shape index (κ1) is 15.3. The van der Waals surface area contributed by atoms with Gasteiger partial charge in [-0.3, -0.25) is 0 Å². The van der Waals surface area contributed by atoms with Crippen molar-refractivity contribution in [2.24, 2.45) is 0 Å². The smallest absolute Gasteiger partial charge is 0.160 e. The summed E-state index contributed by atoms with van der Waals surface area (Å²) in [5, 5.41) is -0.490. The maximum Gasteiger partial charge on any atom is 0.160 e. The Kier molecular flexibility index (Phi) is 4.66. The molecule has 2 rings (SSSR count). The van der Waals surface area contributed by atoms with Crippen molar-refractivity contribution in [2.75, 3.05) is 0 Å². The number of hydrogen-bond donors (Lipinski definition) is 0. The second kappa shape index (κ2) is 6.11. The van der Waals surface area contributed by atoms with E-state index in [9.17, 15) is 8.78 Å². The van der Waals surface area contributed by atoms with Gasteiger partial charge in [0.2, 0.25) is 0 Å². The summed E-state index contributed by atoms with van der Waals surface area (Å²) in [6.45, 7) is 4.19. The lowest BCUT2D eigenvalue weighted by molar-refractivity contribution is 0.507. The van der Waals surface area contributed by atoms with E-state index >= 15 is 0 Å². The molecular weight excluding hydrogens is 301 g/mol. The van der Waals surface area contributed by atoms with Crippen molar-refractivity contribution in [3.05, 3.63) is 69.7 Å². The topological polar surface area (TPSA) is 0 Å². The maximum atomic E-state index is 13.3. The normalized spacial score (nSPS) is 12.8. The molecule has 4 heteroatoms. The van der Waals surface area contributed by atoms with E-state index in [1.54, 1.807) is 0 Å². The minimum Gasteiger partial charge on any atom is -0.204 e. The molecule has 1 unspecified atom stereocenters.